The molecule has 0 radical (unpaired) electrons. The van der Waals surface area contributed by atoms with Gasteiger partial charge in [0.25, 0.3) is 0 Å². The van der Waals surface area contributed by atoms with Crippen LogP contribution in [0, 0.1) is 0 Å². The van der Waals surface area contributed by atoms with E-state index in [1.807, 2.05) is 0 Å². The quantitative estimate of drug-likeness (QED) is 0.474. The number of carbonyl (C=O) groups excluding carboxylic acids is 1. The SMILES string of the molecule is CC(C)(C)OC(=O)N1CCc2[nH]c3c(Cl)c(Cl)cc(OS(=O)(=O)C(F)(F)F)c3c2C1. The summed E-state index contributed by atoms with van der Waals surface area (Å²) in [6.07, 6.45) is -0.309. The van der Waals surface area contributed by atoms with Gasteiger partial charge in [-0.25, -0.2) is 4.79 Å². The van der Waals surface area contributed by atoms with Crippen molar-refractivity contribution in [3.8, 4) is 5.75 Å². The van der Waals surface area contributed by atoms with Gasteiger partial charge < -0.3 is 18.8 Å². The van der Waals surface area contributed by atoms with Gasteiger partial charge in [-0.3, -0.25) is 0 Å². The summed E-state index contributed by atoms with van der Waals surface area (Å²) in [7, 11) is -5.95. The van der Waals surface area contributed by atoms with Crippen molar-refractivity contribution in [2.24, 2.45) is 0 Å². The first-order chi connectivity index (χ1) is 13.6. The molecule has 3 rings (SSSR count). The molecule has 0 atom stereocenters. The summed E-state index contributed by atoms with van der Waals surface area (Å²) in [6, 6.07) is 0.899. The third kappa shape index (κ3) is 4.28. The van der Waals surface area contributed by atoms with E-state index in [1.54, 1.807) is 20.8 Å². The Kier molecular flexibility index (Phi) is 5.62. The van der Waals surface area contributed by atoms with Crippen LogP contribution in [0.2, 0.25) is 10.0 Å². The van der Waals surface area contributed by atoms with E-state index in [9.17, 15) is 26.4 Å². The molecule has 1 aromatic carbocycles. The minimum absolute atomic E-state index is 0.000448. The molecule has 1 aromatic heterocycles. The van der Waals surface area contributed by atoms with Crippen molar-refractivity contribution in [1.29, 1.82) is 0 Å². The fraction of sp³-hybridized carbons (Fsp3) is 0.471. The van der Waals surface area contributed by atoms with Crippen LogP contribution in [0.15, 0.2) is 6.07 Å². The maximum absolute atomic E-state index is 12.8. The molecule has 1 amide bonds. The Morgan fingerprint density at radius 1 is 1.23 bits per heavy atom. The van der Waals surface area contributed by atoms with Crippen molar-refractivity contribution in [2.75, 3.05) is 6.54 Å². The highest BCUT2D eigenvalue weighted by molar-refractivity contribution is 7.88. The highest BCUT2D eigenvalue weighted by Crippen LogP contribution is 2.43. The monoisotopic (exact) mass is 488 g/mol. The van der Waals surface area contributed by atoms with Crippen LogP contribution in [0.25, 0.3) is 10.9 Å². The van der Waals surface area contributed by atoms with Crippen LogP contribution >= 0.6 is 23.2 Å². The Bertz CT molecular complexity index is 1120. The van der Waals surface area contributed by atoms with Crippen LogP contribution in [0.1, 0.15) is 32.0 Å². The number of nitrogens with zero attached hydrogens (tertiary/aromatic N) is 1. The second-order valence-corrected chi connectivity index (χ2v) is 9.96. The van der Waals surface area contributed by atoms with E-state index < -0.39 is 33.1 Å². The molecule has 0 fully saturated rings. The summed E-state index contributed by atoms with van der Waals surface area (Å²) >= 11 is 12.1. The highest BCUT2D eigenvalue weighted by atomic mass is 35.5. The third-order valence-electron chi connectivity index (χ3n) is 4.24. The number of alkyl halides is 3. The number of fused-ring (bicyclic) bond motifs is 3. The largest absolute Gasteiger partial charge is 0.534 e. The first-order valence-corrected chi connectivity index (χ1v) is 10.8. The second kappa shape index (κ2) is 7.38. The molecule has 13 heteroatoms. The van der Waals surface area contributed by atoms with Crippen molar-refractivity contribution < 1.29 is 35.3 Å². The number of H-pyrrole nitrogens is 1. The Hall–Kier alpha value is -1.85. The molecule has 0 saturated carbocycles. The fourth-order valence-corrected chi connectivity index (χ4v) is 3.87. The van der Waals surface area contributed by atoms with Gasteiger partial charge in [-0.05, 0) is 20.8 Å². The average molecular weight is 489 g/mol. The molecule has 166 valence electrons. The number of amides is 1. The van der Waals surface area contributed by atoms with Crippen LogP contribution in [0.4, 0.5) is 18.0 Å². The van der Waals surface area contributed by atoms with Crippen LogP contribution in [0.5, 0.6) is 5.75 Å². The van der Waals surface area contributed by atoms with Crippen LogP contribution in [-0.4, -0.2) is 42.0 Å². The Morgan fingerprint density at radius 3 is 2.43 bits per heavy atom. The van der Waals surface area contributed by atoms with E-state index in [1.165, 1.54) is 4.90 Å². The molecular weight excluding hydrogens is 472 g/mol. The standard InChI is InChI=1S/C17H17Cl2F3N2O5S/c1-16(2,3)28-15(25)24-5-4-10-8(7-24)12-11(29-30(26,27)17(20,21)22)6-9(18)13(19)14(12)23-10/h6,23H,4-5,7H2,1-3H3. The van der Waals surface area contributed by atoms with E-state index in [4.69, 9.17) is 27.9 Å². The van der Waals surface area contributed by atoms with Gasteiger partial charge in [0.2, 0.25) is 0 Å². The minimum atomic E-state index is -5.95. The number of aromatic nitrogens is 1. The number of aromatic amines is 1. The van der Waals surface area contributed by atoms with Gasteiger partial charge >= 0.3 is 21.7 Å². The zero-order valence-electron chi connectivity index (χ0n) is 16.0. The summed E-state index contributed by atoms with van der Waals surface area (Å²) in [5, 5.41) is -0.207. The molecule has 1 aliphatic heterocycles. The van der Waals surface area contributed by atoms with Crippen molar-refractivity contribution in [3.63, 3.8) is 0 Å². The van der Waals surface area contributed by atoms with Gasteiger partial charge in [0.05, 0.1) is 27.5 Å². The van der Waals surface area contributed by atoms with E-state index >= 15 is 0 Å². The Morgan fingerprint density at radius 2 is 1.87 bits per heavy atom. The maximum atomic E-state index is 12.8. The normalized spacial score (nSPS) is 15.3. The minimum Gasteiger partial charge on any atom is -0.444 e. The maximum Gasteiger partial charge on any atom is 0.534 e. The van der Waals surface area contributed by atoms with Crippen LogP contribution in [0.3, 0.4) is 0 Å². The Balaban J connectivity index is 2.10. The van der Waals surface area contributed by atoms with Gasteiger partial charge in [0.15, 0.2) is 5.75 Å². The molecule has 1 N–H and O–H groups in total. The van der Waals surface area contributed by atoms with Gasteiger partial charge in [-0.15, -0.1) is 0 Å². The summed E-state index contributed by atoms with van der Waals surface area (Å²) < 4.78 is 71.3. The van der Waals surface area contributed by atoms with Crippen molar-refractivity contribution in [2.45, 2.75) is 44.8 Å². The number of carbonyl (C=O) groups is 1. The van der Waals surface area contributed by atoms with Crippen molar-refractivity contribution >= 4 is 50.3 Å². The highest BCUT2D eigenvalue weighted by Gasteiger charge is 2.49. The van der Waals surface area contributed by atoms with Gasteiger partial charge in [-0.2, -0.15) is 21.6 Å². The fourth-order valence-electron chi connectivity index (χ4n) is 3.02. The lowest BCUT2D eigenvalue weighted by molar-refractivity contribution is -0.0499. The number of ether oxygens (including phenoxy) is 1. The number of nitrogens with one attached hydrogen (secondary N) is 1. The van der Waals surface area contributed by atoms with Crippen LogP contribution < -0.4 is 4.18 Å². The van der Waals surface area contributed by atoms with E-state index in [0.717, 1.165) is 6.07 Å². The number of hydrogen-bond donors (Lipinski definition) is 1. The molecule has 2 heterocycles. The van der Waals surface area contributed by atoms with Gasteiger partial charge in [0, 0.05) is 30.3 Å². The number of rotatable bonds is 2. The summed E-state index contributed by atoms with van der Waals surface area (Å²) in [5.74, 6) is -0.639. The zero-order chi connectivity index (χ0) is 22.6. The second-order valence-electron chi connectivity index (χ2n) is 7.64. The first kappa shape index (κ1) is 22.8. The summed E-state index contributed by atoms with van der Waals surface area (Å²) in [6.45, 7) is 5.31. The molecule has 0 aliphatic carbocycles. The molecule has 0 spiro atoms. The topological polar surface area (TPSA) is 88.7 Å². The smallest absolute Gasteiger partial charge is 0.444 e. The molecule has 0 saturated heterocycles. The predicted octanol–water partition coefficient (Wildman–Crippen LogP) is 5.00. The molecule has 0 bridgehead atoms. The van der Waals surface area contributed by atoms with Crippen molar-refractivity contribution in [3.05, 3.63) is 27.4 Å². The molecule has 2 aromatic rings. The molecule has 1 aliphatic rings. The average Bonchev–Trinajstić information content (AvgIpc) is 2.95. The lowest BCUT2D eigenvalue weighted by Crippen LogP contribution is -2.39. The summed E-state index contributed by atoms with van der Waals surface area (Å²) in [5.41, 5.74) is -5.32. The number of halogens is 5. The van der Waals surface area contributed by atoms with Crippen LogP contribution in [-0.2, 0) is 27.8 Å². The van der Waals surface area contributed by atoms with E-state index in [-0.39, 0.29) is 34.0 Å². The zero-order valence-corrected chi connectivity index (χ0v) is 18.3. The lowest BCUT2D eigenvalue weighted by atomic mass is 10.0. The van der Waals surface area contributed by atoms with Gasteiger partial charge in [-0.1, -0.05) is 23.2 Å². The molecule has 0 unspecified atom stereocenters. The first-order valence-electron chi connectivity index (χ1n) is 8.61. The Labute approximate surface area is 180 Å². The third-order valence-corrected chi connectivity index (χ3v) is 5.99. The van der Waals surface area contributed by atoms with E-state index in [2.05, 4.69) is 9.17 Å². The molecule has 30 heavy (non-hydrogen) atoms. The van der Waals surface area contributed by atoms with Gasteiger partial charge in [0.1, 0.15) is 5.60 Å². The summed E-state index contributed by atoms with van der Waals surface area (Å²) in [4.78, 5) is 16.7. The number of hydrogen-bond acceptors (Lipinski definition) is 5. The van der Waals surface area contributed by atoms with Crippen molar-refractivity contribution in [1.82, 2.24) is 9.88 Å². The molecular formula is C17H17Cl2F3N2O5S. The van der Waals surface area contributed by atoms with E-state index in [0.29, 0.717) is 17.7 Å². The molecule has 7 nitrogen and oxygen atoms in total. The predicted molar refractivity (Wildman–Crippen MR) is 104 cm³/mol. The lowest BCUT2D eigenvalue weighted by Gasteiger charge is -2.30. The number of benzene rings is 1.